The van der Waals surface area contributed by atoms with Crippen LogP contribution in [0.25, 0.3) is 0 Å². The van der Waals surface area contributed by atoms with Gasteiger partial charge >= 0.3 is 12.1 Å². The van der Waals surface area contributed by atoms with Gasteiger partial charge in [0, 0.05) is 19.5 Å². The summed E-state index contributed by atoms with van der Waals surface area (Å²) < 4.78 is 31.7. The first-order chi connectivity index (χ1) is 49.4. The average Bonchev–Trinajstić information content (AvgIpc) is 0.869. The van der Waals surface area contributed by atoms with E-state index in [4.69, 9.17) is 55.8 Å². The molecule has 39 nitrogen and oxygen atoms in total. The number of carbonyl (C=O) groups excluding carboxylic acids is 13. The lowest BCUT2D eigenvalue weighted by molar-refractivity contribution is -0.192. The van der Waals surface area contributed by atoms with Gasteiger partial charge in [-0.3, -0.25) is 72.3 Å². The number of primary amides is 1. The van der Waals surface area contributed by atoms with Crippen LogP contribution in [0.3, 0.4) is 0 Å². The molecule has 0 aliphatic heterocycles. The van der Waals surface area contributed by atoms with E-state index in [1.54, 1.807) is 60.7 Å². The molecule has 0 aliphatic carbocycles. The van der Waals surface area contributed by atoms with Gasteiger partial charge in [0.05, 0.1) is 38.4 Å². The molecule has 0 aromatic heterocycles. The number of alkyl halides is 3. The minimum absolute atomic E-state index is 0.0249. The Morgan fingerprint density at radius 1 is 0.438 bits per heavy atom. The number of benzene rings is 2. The topological polar surface area (TPSA) is 677 Å². The lowest BCUT2D eigenvalue weighted by Gasteiger charge is -2.26. The molecule has 0 spiro atoms. The first kappa shape index (κ1) is 92.2. The van der Waals surface area contributed by atoms with E-state index >= 15 is 0 Å². The summed E-state index contributed by atoms with van der Waals surface area (Å²) in [5, 5.41) is 57.2. The minimum atomic E-state index is -5.08. The van der Waals surface area contributed by atoms with Gasteiger partial charge in [-0.05, 0) is 116 Å². The molecule has 42 heteroatoms. The Kier molecular flexibility index (Phi) is 43.6. The van der Waals surface area contributed by atoms with Crippen molar-refractivity contribution >= 4 is 94.7 Å². The zero-order valence-corrected chi connectivity index (χ0v) is 58.5. The zero-order valence-electron chi connectivity index (χ0n) is 58.5. The standard InChI is InChI=1S/C61H100N22O15.C2HF3O2/c1-34(75-47(87)32-74-59(98)49(36(3)85)83-57(96)44(29-38-18-8-5-9-19-38)77-48(88)31-72-46(86)30-73-53(92)39(64)28-37-16-6-4-7-17-37)51(90)79-43(23-15-27-71-61(68)69)55(94)81-41(21-11-13-25-63)56(95)82-45(33-84)58(97)76-35(2)52(91)80-42(22-14-26-70-60(66)67)54(93)78-40(50(65)89)20-10-12-24-62;3-2(4,5)1(6)7/h4-9,16-19,34-36,39-45,49,84-85H,10-15,20-33,62-64H2,1-3H3,(H2,65,89)(H,72,86)(H,73,92)(H,74,98)(H,75,87)(H,76,97)(H,77,88)(H,78,93)(H,79,90)(H,80,91)(H,81,94)(H,82,95)(H,83,96)(H4,66,67,70)(H4,68,69,71);(H,6,7)/t34-,35-,36+,39-,40-,41-,42-,43-,44-,45-,49-;/m0./s1. The minimum Gasteiger partial charge on any atom is -0.475 e. The Morgan fingerprint density at radius 3 is 1.25 bits per heavy atom. The van der Waals surface area contributed by atoms with Gasteiger partial charge in [0.25, 0.3) is 0 Å². The third-order valence-electron chi connectivity index (χ3n) is 14.8. The number of aliphatic hydroxyl groups excluding tert-OH is 2. The van der Waals surface area contributed by atoms with E-state index in [1.165, 1.54) is 20.8 Å². The van der Waals surface area contributed by atoms with Crippen molar-refractivity contribution in [1.29, 1.82) is 0 Å². The summed E-state index contributed by atoms with van der Waals surface area (Å²) in [6, 6.07) is 3.43. The molecular formula is C63H101F3N22O17. The highest BCUT2D eigenvalue weighted by molar-refractivity contribution is 5.99. The van der Waals surface area contributed by atoms with Gasteiger partial charge in [-0.25, -0.2) is 4.79 Å². The Labute approximate surface area is 602 Å². The van der Waals surface area contributed by atoms with Crippen molar-refractivity contribution in [1.82, 2.24) is 63.8 Å². The number of aliphatic carboxylic acids is 1. The second-order valence-electron chi connectivity index (χ2n) is 23.7. The van der Waals surface area contributed by atoms with Crippen molar-refractivity contribution in [2.24, 2.45) is 55.9 Å². The fourth-order valence-corrected chi connectivity index (χ4v) is 9.17. The predicted molar refractivity (Wildman–Crippen MR) is 373 cm³/mol. The molecule has 0 fully saturated rings. The molecule has 2 aromatic carbocycles. The summed E-state index contributed by atoms with van der Waals surface area (Å²) >= 11 is 0. The third-order valence-corrected chi connectivity index (χ3v) is 14.8. The Hall–Kier alpha value is -10.8. The van der Waals surface area contributed by atoms with Crippen molar-refractivity contribution in [2.45, 2.75) is 171 Å². The van der Waals surface area contributed by atoms with E-state index in [2.05, 4.69) is 73.8 Å². The number of nitrogens with one attached hydrogen (secondary N) is 12. The Morgan fingerprint density at radius 2 is 0.810 bits per heavy atom. The molecule has 0 bridgehead atoms. The van der Waals surface area contributed by atoms with Gasteiger partial charge in [0.2, 0.25) is 76.8 Å². The van der Waals surface area contributed by atoms with E-state index in [-0.39, 0.29) is 89.3 Å². The van der Waals surface area contributed by atoms with Gasteiger partial charge in [0.1, 0.15) is 54.4 Å². The van der Waals surface area contributed by atoms with E-state index in [9.17, 15) is 85.7 Å². The maximum absolute atomic E-state index is 14.1. The first-order valence-corrected chi connectivity index (χ1v) is 33.2. The second kappa shape index (κ2) is 49.7. The normalized spacial score (nSPS) is 14.0. The third kappa shape index (κ3) is 39.4. The largest absolute Gasteiger partial charge is 0.490 e. The van der Waals surface area contributed by atoms with E-state index in [1.807, 2.05) is 0 Å². The zero-order chi connectivity index (χ0) is 79.4. The summed E-state index contributed by atoms with van der Waals surface area (Å²) in [5.41, 5.74) is 46.0. The summed E-state index contributed by atoms with van der Waals surface area (Å²) in [7, 11) is 0. The number of guanidine groups is 2. The summed E-state index contributed by atoms with van der Waals surface area (Å²) in [6.45, 7) is 1.22. The van der Waals surface area contributed by atoms with Crippen LogP contribution < -0.4 is 110 Å². The van der Waals surface area contributed by atoms with Crippen LogP contribution in [0.5, 0.6) is 0 Å². The number of carboxylic acids is 1. The number of nitrogens with zero attached hydrogens (tertiary/aromatic N) is 2. The quantitative estimate of drug-likeness (QED) is 0.0166. The highest BCUT2D eigenvalue weighted by atomic mass is 19.4. The number of carbonyl (C=O) groups is 14. The molecule has 11 atom stereocenters. The highest BCUT2D eigenvalue weighted by Gasteiger charge is 2.39. The predicted octanol–water partition coefficient (Wildman–Crippen LogP) is -8.59. The molecule has 13 amide bonds. The molecule has 0 heterocycles. The molecular weight excluding hydrogens is 1390 g/mol. The number of carboxylic acid groups (broad SMARTS) is 1. The maximum atomic E-state index is 14.1. The molecule has 2 aromatic rings. The number of nitrogens with two attached hydrogens (primary N) is 8. The van der Waals surface area contributed by atoms with Gasteiger partial charge in [-0.1, -0.05) is 60.7 Å². The first-order valence-electron chi connectivity index (χ1n) is 33.2. The van der Waals surface area contributed by atoms with Crippen molar-refractivity contribution in [3.8, 4) is 0 Å². The molecule has 0 saturated carbocycles. The lowest BCUT2D eigenvalue weighted by atomic mass is 10.0. The molecule has 0 unspecified atom stereocenters. The number of aliphatic hydroxyl groups is 2. The monoisotopic (exact) mass is 1490 g/mol. The van der Waals surface area contributed by atoms with Gasteiger partial charge < -0.3 is 125 Å². The van der Waals surface area contributed by atoms with Crippen LogP contribution in [-0.2, 0) is 80.0 Å². The van der Waals surface area contributed by atoms with Gasteiger partial charge in [0.15, 0.2) is 11.9 Å². The van der Waals surface area contributed by atoms with E-state index in [0.717, 1.165) is 5.56 Å². The van der Waals surface area contributed by atoms with Crippen LogP contribution in [0.2, 0.25) is 0 Å². The molecule has 105 heavy (non-hydrogen) atoms. The second-order valence-corrected chi connectivity index (χ2v) is 23.7. The number of halogens is 3. The maximum Gasteiger partial charge on any atom is 0.490 e. The molecule has 31 N–H and O–H groups in total. The van der Waals surface area contributed by atoms with Crippen molar-refractivity contribution in [2.75, 3.05) is 52.4 Å². The van der Waals surface area contributed by atoms with Crippen molar-refractivity contribution < 1.29 is 95.6 Å². The Bertz CT molecular complexity index is 3220. The fraction of sp³-hybridized carbons (Fsp3) is 0.556. The number of unbranched alkanes of at least 4 members (excludes halogenated alkanes) is 2. The van der Waals surface area contributed by atoms with Crippen molar-refractivity contribution in [3.63, 3.8) is 0 Å². The highest BCUT2D eigenvalue weighted by Crippen LogP contribution is 2.14. The van der Waals surface area contributed by atoms with Gasteiger partial charge in [-0.15, -0.1) is 0 Å². The molecule has 0 radical (unpaired) electrons. The van der Waals surface area contributed by atoms with Crippen LogP contribution >= 0.6 is 0 Å². The van der Waals surface area contributed by atoms with Crippen LogP contribution in [0.15, 0.2) is 70.6 Å². The number of hydrogen-bond acceptors (Lipinski definition) is 21. The smallest absolute Gasteiger partial charge is 0.475 e. The molecule has 586 valence electrons. The SMILES string of the molecule is C[C@H](NC(=O)CNC(=O)[C@@H](NC(=O)[C@H](Cc1ccccc1)NC(=O)CNC(=O)CNC(=O)[C@@H](N)Cc1ccccc1)[C@@H](C)O)C(=O)N[C@@H](CCCN=C(N)N)C(=O)N[C@@H](CCCCN)C(=O)N[C@@H](CO)C(=O)N[C@@H](C)C(=O)N[C@@H](CCCN=C(N)N)C(=O)N[C@@H](CCCCN)C(N)=O.O=C(O)C(F)(F)F. The lowest BCUT2D eigenvalue weighted by Crippen LogP contribution is -2.60. The van der Waals surface area contributed by atoms with Crippen LogP contribution in [0, 0.1) is 0 Å². The number of hydrogen-bond donors (Lipinski definition) is 23. The fourth-order valence-electron chi connectivity index (χ4n) is 9.17. The number of amides is 13. The summed E-state index contributed by atoms with van der Waals surface area (Å²) in [5.74, 6) is -14.9. The Balaban J connectivity index is 0.00000746. The number of aliphatic imine (C=N–C) groups is 2. The van der Waals surface area contributed by atoms with Crippen LogP contribution in [-0.4, -0.2) is 235 Å². The van der Waals surface area contributed by atoms with E-state index in [0.29, 0.717) is 31.4 Å². The van der Waals surface area contributed by atoms with Crippen LogP contribution in [0.4, 0.5) is 13.2 Å². The molecule has 0 saturated heterocycles. The summed E-state index contributed by atoms with van der Waals surface area (Å²) in [6.07, 6.45) is -4.84. The van der Waals surface area contributed by atoms with Crippen molar-refractivity contribution in [3.05, 3.63) is 71.8 Å². The number of rotatable bonds is 47. The average molecular weight is 1500 g/mol. The molecule has 0 aliphatic rings. The summed E-state index contributed by atoms with van der Waals surface area (Å²) in [4.78, 5) is 190. The van der Waals surface area contributed by atoms with E-state index < -0.39 is 182 Å². The van der Waals surface area contributed by atoms with Gasteiger partial charge in [-0.2, -0.15) is 13.2 Å². The molecule has 2 rings (SSSR count). The van der Waals surface area contributed by atoms with Crippen LogP contribution in [0.1, 0.15) is 96.1 Å².